The largest absolute Gasteiger partial charge is 0.496 e. The van der Waals surface area contributed by atoms with Gasteiger partial charge in [0.05, 0.1) is 32.2 Å². The predicted octanol–water partition coefficient (Wildman–Crippen LogP) is 2.76. The molecule has 1 aromatic carbocycles. The Morgan fingerprint density at radius 1 is 1.07 bits per heavy atom. The number of carbonyl (C=O) groups is 1. The summed E-state index contributed by atoms with van der Waals surface area (Å²) in [4.78, 5) is 26.6. The van der Waals surface area contributed by atoms with Crippen LogP contribution in [0, 0.1) is 0 Å². The van der Waals surface area contributed by atoms with Gasteiger partial charge in [0.1, 0.15) is 24.4 Å². The Morgan fingerprint density at radius 3 is 2.55 bits per heavy atom. The number of carbonyl (C=O) groups excluding carboxylic acids is 1. The fourth-order valence-electron chi connectivity index (χ4n) is 5.19. The van der Waals surface area contributed by atoms with Crippen LogP contribution < -0.4 is 9.04 Å². The van der Waals surface area contributed by atoms with Gasteiger partial charge in [-0.1, -0.05) is 18.2 Å². The van der Waals surface area contributed by atoms with Crippen LogP contribution in [0.2, 0.25) is 0 Å². The van der Waals surface area contributed by atoms with Gasteiger partial charge in [-0.2, -0.15) is 8.42 Å². The van der Waals surface area contributed by atoms with Crippen molar-refractivity contribution in [2.75, 3.05) is 37.7 Å². The van der Waals surface area contributed by atoms with E-state index in [1.165, 1.54) is 29.5 Å². The van der Waals surface area contributed by atoms with Crippen LogP contribution in [0.15, 0.2) is 58.0 Å². The number of ether oxygens (including phenoxy) is 3. The molecule has 0 spiro atoms. The molecule has 6 rings (SSSR count). The van der Waals surface area contributed by atoms with Gasteiger partial charge in [0, 0.05) is 38.8 Å². The Hall–Kier alpha value is -4.21. The highest BCUT2D eigenvalue weighted by atomic mass is 32.2. The highest BCUT2D eigenvalue weighted by Crippen LogP contribution is 2.38. The predicted molar refractivity (Wildman–Crippen MR) is 147 cm³/mol. The van der Waals surface area contributed by atoms with Gasteiger partial charge < -0.3 is 27.6 Å². The number of para-hydroxylation sites is 1. The molecule has 222 valence electrons. The van der Waals surface area contributed by atoms with E-state index in [2.05, 4.69) is 15.0 Å². The van der Waals surface area contributed by atoms with E-state index in [4.69, 9.17) is 23.0 Å². The summed E-state index contributed by atoms with van der Waals surface area (Å²) in [6, 6.07) is 7.29. The molecule has 1 amide bonds. The second-order valence-corrected chi connectivity index (χ2v) is 11.6. The number of oxazole rings is 2. The maximum atomic E-state index is 14.3. The standard InChI is InChI=1S/C27H30N6O8S/c1-31-23-24(30-25(31)26-29-11-16-40-26)33(42(35,36)32(27(23)34)12-7-22-28-10-15-39-22)17-21(41-18-8-13-38-14-9-18)19-5-3-4-6-20(19)37-2/h3-6,10-11,15-16,18,21H,7-9,12-14,17H2,1-2H3/t21-/m0/s1. The maximum Gasteiger partial charge on any atom is 0.330 e. The SMILES string of the molecule is COc1ccccc1[C@H](CN1c2nc(-c3ncco3)n(C)c2C(=O)N(CCc2ncco2)S1(=O)=O)OC1CCOCC1. The van der Waals surface area contributed by atoms with Crippen LogP contribution >= 0.6 is 0 Å². The molecule has 0 N–H and O–H groups in total. The molecule has 3 aromatic heterocycles. The van der Waals surface area contributed by atoms with E-state index < -0.39 is 22.2 Å². The van der Waals surface area contributed by atoms with Gasteiger partial charge in [-0.15, -0.1) is 0 Å². The zero-order chi connectivity index (χ0) is 29.3. The van der Waals surface area contributed by atoms with Crippen molar-refractivity contribution in [3.05, 3.63) is 66.3 Å². The summed E-state index contributed by atoms with van der Waals surface area (Å²) in [5, 5.41) is 0. The summed E-state index contributed by atoms with van der Waals surface area (Å²) < 4.78 is 60.3. The molecule has 1 saturated heterocycles. The lowest BCUT2D eigenvalue weighted by molar-refractivity contribution is -0.0668. The van der Waals surface area contributed by atoms with E-state index in [-0.39, 0.29) is 48.8 Å². The Bertz CT molecular complexity index is 1630. The number of benzene rings is 1. The third kappa shape index (κ3) is 5.14. The fourth-order valence-corrected chi connectivity index (χ4v) is 6.71. The summed E-state index contributed by atoms with van der Waals surface area (Å²) in [6.45, 7) is 0.700. The average molecular weight is 599 g/mol. The molecule has 2 aliphatic heterocycles. The van der Waals surface area contributed by atoms with Gasteiger partial charge in [0.2, 0.25) is 0 Å². The second-order valence-electron chi connectivity index (χ2n) is 9.77. The van der Waals surface area contributed by atoms with Gasteiger partial charge in [-0.25, -0.2) is 23.6 Å². The Morgan fingerprint density at radius 2 is 1.83 bits per heavy atom. The van der Waals surface area contributed by atoms with Crippen molar-refractivity contribution >= 4 is 21.9 Å². The molecule has 4 aromatic rings. The third-order valence-corrected chi connectivity index (χ3v) is 9.06. The van der Waals surface area contributed by atoms with E-state index in [0.717, 1.165) is 8.61 Å². The van der Waals surface area contributed by atoms with Crippen molar-refractivity contribution in [2.24, 2.45) is 7.05 Å². The first-order valence-electron chi connectivity index (χ1n) is 13.4. The molecule has 0 bridgehead atoms. The second kappa shape index (κ2) is 11.6. The van der Waals surface area contributed by atoms with Gasteiger partial charge in [0.25, 0.3) is 11.8 Å². The van der Waals surface area contributed by atoms with Crippen LogP contribution in [0.3, 0.4) is 0 Å². The molecule has 1 fully saturated rings. The number of rotatable bonds is 10. The highest BCUT2D eigenvalue weighted by molar-refractivity contribution is 7.91. The van der Waals surface area contributed by atoms with Crippen molar-refractivity contribution in [3.63, 3.8) is 0 Å². The molecule has 42 heavy (non-hydrogen) atoms. The number of aromatic nitrogens is 4. The number of hydrogen-bond donors (Lipinski definition) is 0. The lowest BCUT2D eigenvalue weighted by Gasteiger charge is -2.37. The Labute approximate surface area is 242 Å². The van der Waals surface area contributed by atoms with Crippen molar-refractivity contribution < 1.29 is 36.3 Å². The molecule has 0 saturated carbocycles. The van der Waals surface area contributed by atoms with Gasteiger partial charge in [-0.05, 0) is 18.9 Å². The zero-order valence-corrected chi connectivity index (χ0v) is 23.9. The monoisotopic (exact) mass is 598 g/mol. The van der Waals surface area contributed by atoms with Crippen molar-refractivity contribution in [3.8, 4) is 17.5 Å². The van der Waals surface area contributed by atoms with Crippen molar-refractivity contribution in [2.45, 2.75) is 31.5 Å². The zero-order valence-electron chi connectivity index (χ0n) is 23.1. The van der Waals surface area contributed by atoms with Gasteiger partial charge >= 0.3 is 10.2 Å². The van der Waals surface area contributed by atoms with E-state index in [9.17, 15) is 13.2 Å². The lowest BCUT2D eigenvalue weighted by atomic mass is 10.1. The van der Waals surface area contributed by atoms with Crippen LogP contribution in [0.1, 0.15) is 40.9 Å². The number of amides is 1. The molecule has 0 aliphatic carbocycles. The first-order chi connectivity index (χ1) is 20.4. The van der Waals surface area contributed by atoms with Crippen LogP contribution in [-0.4, -0.2) is 77.7 Å². The molecule has 15 heteroatoms. The van der Waals surface area contributed by atoms with E-state index in [0.29, 0.717) is 43.3 Å². The van der Waals surface area contributed by atoms with Crippen molar-refractivity contribution in [1.82, 2.24) is 23.8 Å². The molecule has 14 nitrogen and oxygen atoms in total. The Kier molecular flexibility index (Phi) is 7.70. The number of anilines is 1. The topological polar surface area (TPSA) is 155 Å². The first kappa shape index (κ1) is 27.9. The van der Waals surface area contributed by atoms with Crippen molar-refractivity contribution in [1.29, 1.82) is 0 Å². The van der Waals surface area contributed by atoms with Crippen LogP contribution in [0.25, 0.3) is 11.7 Å². The summed E-state index contributed by atoms with van der Waals surface area (Å²) >= 11 is 0. The summed E-state index contributed by atoms with van der Waals surface area (Å²) in [5.41, 5.74) is 0.727. The number of hydrogen-bond acceptors (Lipinski definition) is 11. The minimum Gasteiger partial charge on any atom is -0.496 e. The highest BCUT2D eigenvalue weighted by Gasteiger charge is 2.47. The van der Waals surface area contributed by atoms with E-state index >= 15 is 0 Å². The molecule has 0 unspecified atom stereocenters. The number of nitrogens with zero attached hydrogens (tertiary/aromatic N) is 6. The van der Waals surface area contributed by atoms with Crippen LogP contribution in [-0.2, 0) is 33.2 Å². The number of imidazole rings is 1. The molecule has 0 radical (unpaired) electrons. The molecule has 1 atom stereocenters. The number of methoxy groups -OCH3 is 1. The number of fused-ring (bicyclic) bond motifs is 1. The minimum atomic E-state index is -4.44. The molecule has 5 heterocycles. The first-order valence-corrected chi connectivity index (χ1v) is 14.8. The summed E-state index contributed by atoms with van der Waals surface area (Å²) in [7, 11) is -1.28. The summed E-state index contributed by atoms with van der Waals surface area (Å²) in [6.07, 6.45) is 6.13. The molecular formula is C27H30N6O8S. The third-order valence-electron chi connectivity index (χ3n) is 7.28. The maximum absolute atomic E-state index is 14.3. The lowest BCUT2D eigenvalue weighted by Crippen LogP contribution is -2.53. The smallest absolute Gasteiger partial charge is 0.330 e. The molecule has 2 aliphatic rings. The van der Waals surface area contributed by atoms with Gasteiger partial charge in [-0.3, -0.25) is 4.79 Å². The average Bonchev–Trinajstić information content (AvgIpc) is 3.77. The summed E-state index contributed by atoms with van der Waals surface area (Å²) in [5.74, 6) is 0.409. The van der Waals surface area contributed by atoms with E-state index in [1.807, 2.05) is 18.2 Å². The Balaban J connectivity index is 1.44. The van der Waals surface area contributed by atoms with Crippen LogP contribution in [0.4, 0.5) is 5.82 Å². The van der Waals surface area contributed by atoms with Crippen LogP contribution in [0.5, 0.6) is 5.75 Å². The minimum absolute atomic E-state index is 0.0430. The fraction of sp³-hybridized carbons (Fsp3) is 0.407. The quantitative estimate of drug-likeness (QED) is 0.265. The molecular weight excluding hydrogens is 568 g/mol. The van der Waals surface area contributed by atoms with E-state index in [1.54, 1.807) is 20.2 Å². The van der Waals surface area contributed by atoms with Gasteiger partial charge in [0.15, 0.2) is 23.2 Å². The normalized spacial score (nSPS) is 17.8.